The fourth-order valence-electron chi connectivity index (χ4n) is 3.94. The van der Waals surface area contributed by atoms with Gasteiger partial charge in [-0.2, -0.15) is 0 Å². The summed E-state index contributed by atoms with van der Waals surface area (Å²) in [4.78, 5) is 31.1. The SMILES string of the molecule is C#Cc1ccc2cccc(CNC(=O)N3CCC[C@H]3C(=O)NCc3ccncc3)c2c1. The van der Waals surface area contributed by atoms with Gasteiger partial charge in [-0.15, -0.1) is 6.42 Å². The van der Waals surface area contributed by atoms with Crippen LogP contribution in [0.25, 0.3) is 10.8 Å². The first kappa shape index (κ1) is 20.4. The number of nitrogens with zero attached hydrogens (tertiary/aromatic N) is 2. The molecule has 2 N–H and O–H groups in total. The summed E-state index contributed by atoms with van der Waals surface area (Å²) in [5.74, 6) is 2.52. The number of rotatable bonds is 5. The highest BCUT2D eigenvalue weighted by Crippen LogP contribution is 2.21. The predicted octanol–water partition coefficient (Wildman–Crippen LogP) is 3.21. The molecule has 0 radical (unpaired) electrons. The lowest BCUT2D eigenvalue weighted by Crippen LogP contribution is -2.49. The second kappa shape index (κ2) is 9.31. The lowest BCUT2D eigenvalue weighted by atomic mass is 10.0. The van der Waals surface area contributed by atoms with Gasteiger partial charge in [-0.05, 0) is 59.0 Å². The van der Waals surface area contributed by atoms with Gasteiger partial charge in [0.15, 0.2) is 0 Å². The number of pyridine rings is 1. The Hall–Kier alpha value is -3.85. The molecule has 1 aliphatic rings. The summed E-state index contributed by atoms with van der Waals surface area (Å²) in [5.41, 5.74) is 2.76. The van der Waals surface area contributed by atoms with E-state index >= 15 is 0 Å². The van der Waals surface area contributed by atoms with E-state index < -0.39 is 6.04 Å². The van der Waals surface area contributed by atoms with Crippen molar-refractivity contribution in [3.05, 3.63) is 77.6 Å². The monoisotopic (exact) mass is 412 g/mol. The molecular weight excluding hydrogens is 388 g/mol. The van der Waals surface area contributed by atoms with Gasteiger partial charge < -0.3 is 15.5 Å². The molecule has 6 heteroatoms. The molecule has 0 spiro atoms. The summed E-state index contributed by atoms with van der Waals surface area (Å²) >= 11 is 0. The second-order valence-electron chi connectivity index (χ2n) is 7.58. The maximum Gasteiger partial charge on any atom is 0.318 e. The molecule has 1 saturated heterocycles. The number of terminal acetylenes is 1. The van der Waals surface area contributed by atoms with Crippen LogP contribution in [-0.4, -0.2) is 34.4 Å². The quantitative estimate of drug-likeness (QED) is 0.632. The van der Waals surface area contributed by atoms with Gasteiger partial charge in [0, 0.05) is 37.6 Å². The van der Waals surface area contributed by atoms with E-state index in [1.165, 1.54) is 0 Å². The first-order valence-electron chi connectivity index (χ1n) is 10.3. The van der Waals surface area contributed by atoms with Crippen LogP contribution in [0.15, 0.2) is 60.9 Å². The number of carbonyl (C=O) groups excluding carboxylic acids is 2. The molecule has 4 rings (SSSR count). The van der Waals surface area contributed by atoms with Crippen molar-refractivity contribution in [2.75, 3.05) is 6.54 Å². The topological polar surface area (TPSA) is 74.3 Å². The highest BCUT2D eigenvalue weighted by atomic mass is 16.2. The van der Waals surface area contributed by atoms with Crippen LogP contribution in [0.1, 0.15) is 29.5 Å². The average Bonchev–Trinajstić information content (AvgIpc) is 3.31. The van der Waals surface area contributed by atoms with Crippen molar-refractivity contribution in [1.29, 1.82) is 0 Å². The standard InChI is InChI=1S/C25H24N4O2/c1-2-18-8-9-20-5-3-6-21(22(20)15-18)17-28-25(31)29-14-4-7-23(29)24(30)27-16-19-10-12-26-13-11-19/h1,3,5-6,8-13,15,23H,4,7,14,16-17H2,(H,27,30)(H,28,31)/t23-/m0/s1. The maximum absolute atomic E-state index is 12.9. The Morgan fingerprint density at radius 3 is 2.74 bits per heavy atom. The second-order valence-corrected chi connectivity index (χ2v) is 7.58. The Morgan fingerprint density at radius 2 is 1.94 bits per heavy atom. The van der Waals surface area contributed by atoms with E-state index in [4.69, 9.17) is 6.42 Å². The van der Waals surface area contributed by atoms with Crippen molar-refractivity contribution in [2.45, 2.75) is 32.0 Å². The number of benzene rings is 2. The number of fused-ring (bicyclic) bond motifs is 1. The lowest BCUT2D eigenvalue weighted by Gasteiger charge is -2.24. The fraction of sp³-hybridized carbons (Fsp3) is 0.240. The van der Waals surface area contributed by atoms with E-state index in [0.29, 0.717) is 26.1 Å². The van der Waals surface area contributed by atoms with Crippen molar-refractivity contribution >= 4 is 22.7 Å². The van der Waals surface area contributed by atoms with Gasteiger partial charge in [0.25, 0.3) is 0 Å². The summed E-state index contributed by atoms with van der Waals surface area (Å²) in [6.45, 7) is 1.35. The third kappa shape index (κ3) is 4.67. The average molecular weight is 412 g/mol. The summed E-state index contributed by atoms with van der Waals surface area (Å²) in [6, 6.07) is 14.8. The number of urea groups is 1. The Labute approximate surface area is 181 Å². The van der Waals surface area contributed by atoms with Crippen LogP contribution < -0.4 is 10.6 Å². The molecule has 2 aromatic carbocycles. The molecule has 0 saturated carbocycles. The Kier molecular flexibility index (Phi) is 6.13. The van der Waals surface area contributed by atoms with E-state index in [2.05, 4.69) is 21.5 Å². The zero-order valence-electron chi connectivity index (χ0n) is 17.2. The van der Waals surface area contributed by atoms with Crippen molar-refractivity contribution in [3.63, 3.8) is 0 Å². The Morgan fingerprint density at radius 1 is 1.10 bits per heavy atom. The molecule has 1 aromatic heterocycles. The van der Waals surface area contributed by atoms with Crippen LogP contribution in [0.3, 0.4) is 0 Å². The van der Waals surface area contributed by atoms with Gasteiger partial charge >= 0.3 is 6.03 Å². The van der Waals surface area contributed by atoms with E-state index in [9.17, 15) is 9.59 Å². The fourth-order valence-corrected chi connectivity index (χ4v) is 3.94. The largest absolute Gasteiger partial charge is 0.350 e. The number of hydrogen-bond donors (Lipinski definition) is 2. The zero-order chi connectivity index (χ0) is 21.6. The third-order valence-corrected chi connectivity index (χ3v) is 5.60. The summed E-state index contributed by atoms with van der Waals surface area (Å²) in [7, 11) is 0. The van der Waals surface area contributed by atoms with Gasteiger partial charge in [0.05, 0.1) is 0 Å². The van der Waals surface area contributed by atoms with Gasteiger partial charge in [-0.3, -0.25) is 9.78 Å². The predicted molar refractivity (Wildman–Crippen MR) is 120 cm³/mol. The van der Waals surface area contributed by atoms with Gasteiger partial charge in [-0.1, -0.05) is 30.2 Å². The molecule has 1 aliphatic heterocycles. The summed E-state index contributed by atoms with van der Waals surface area (Å²) < 4.78 is 0. The molecule has 1 fully saturated rings. The molecule has 0 bridgehead atoms. The van der Waals surface area contributed by atoms with E-state index in [1.54, 1.807) is 17.3 Å². The van der Waals surface area contributed by atoms with Crippen LogP contribution >= 0.6 is 0 Å². The highest BCUT2D eigenvalue weighted by Gasteiger charge is 2.33. The first-order chi connectivity index (χ1) is 15.2. The van der Waals surface area contributed by atoms with Crippen molar-refractivity contribution in [2.24, 2.45) is 0 Å². The minimum Gasteiger partial charge on any atom is -0.350 e. The molecule has 3 aromatic rings. The number of nitrogens with one attached hydrogen (secondary N) is 2. The van der Waals surface area contributed by atoms with E-state index in [-0.39, 0.29) is 11.9 Å². The molecule has 0 unspecified atom stereocenters. The smallest absolute Gasteiger partial charge is 0.318 e. The summed E-state index contributed by atoms with van der Waals surface area (Å²) in [5, 5.41) is 7.99. The minimum absolute atomic E-state index is 0.131. The molecular formula is C25H24N4O2. The normalized spacial score (nSPS) is 15.5. The van der Waals surface area contributed by atoms with Gasteiger partial charge in [0.1, 0.15) is 6.04 Å². The first-order valence-corrected chi connectivity index (χ1v) is 10.3. The number of aromatic nitrogens is 1. The highest BCUT2D eigenvalue weighted by molar-refractivity contribution is 5.89. The minimum atomic E-state index is -0.456. The van der Waals surface area contributed by atoms with Crippen LogP contribution in [-0.2, 0) is 17.9 Å². The van der Waals surface area contributed by atoms with E-state index in [1.807, 2.05) is 48.5 Å². The Bertz CT molecular complexity index is 1140. The lowest BCUT2D eigenvalue weighted by molar-refractivity contribution is -0.124. The van der Waals surface area contributed by atoms with Crippen LogP contribution in [0.5, 0.6) is 0 Å². The van der Waals surface area contributed by atoms with E-state index in [0.717, 1.165) is 33.9 Å². The van der Waals surface area contributed by atoms with Crippen molar-refractivity contribution < 1.29 is 9.59 Å². The molecule has 2 heterocycles. The van der Waals surface area contributed by atoms with Crippen molar-refractivity contribution in [3.8, 4) is 12.3 Å². The van der Waals surface area contributed by atoms with Crippen LogP contribution in [0.4, 0.5) is 4.79 Å². The van der Waals surface area contributed by atoms with Crippen LogP contribution in [0, 0.1) is 12.3 Å². The third-order valence-electron chi connectivity index (χ3n) is 5.60. The molecule has 6 nitrogen and oxygen atoms in total. The molecule has 0 aliphatic carbocycles. The number of likely N-dealkylation sites (tertiary alicyclic amines) is 1. The zero-order valence-corrected chi connectivity index (χ0v) is 17.2. The molecule has 3 amide bonds. The molecule has 31 heavy (non-hydrogen) atoms. The number of hydrogen-bond acceptors (Lipinski definition) is 3. The molecule has 1 atom stereocenters. The van der Waals surface area contributed by atoms with Crippen LogP contribution in [0.2, 0.25) is 0 Å². The van der Waals surface area contributed by atoms with Gasteiger partial charge in [-0.25, -0.2) is 4.79 Å². The number of amides is 3. The Balaban J connectivity index is 1.39. The maximum atomic E-state index is 12.9. The van der Waals surface area contributed by atoms with Crippen molar-refractivity contribution in [1.82, 2.24) is 20.5 Å². The number of carbonyl (C=O) groups is 2. The van der Waals surface area contributed by atoms with Gasteiger partial charge in [0.2, 0.25) is 5.91 Å². The summed E-state index contributed by atoms with van der Waals surface area (Å²) in [6.07, 6.45) is 10.4. The molecule has 156 valence electrons.